The number of rotatable bonds is 8. The number of aromatic nitrogens is 4. The van der Waals surface area contributed by atoms with E-state index in [1.807, 2.05) is 61.0 Å². The van der Waals surface area contributed by atoms with Gasteiger partial charge in [0.25, 0.3) is 5.91 Å². The van der Waals surface area contributed by atoms with Crippen molar-refractivity contribution in [3.63, 3.8) is 0 Å². The first kappa shape index (κ1) is 50.9. The summed E-state index contributed by atoms with van der Waals surface area (Å²) < 4.78 is 3.50. The molecule has 0 radical (unpaired) electrons. The SMILES string of the molecule is CC(=O)N1CCC(NC(=O)c2nn(-c3ccc(Cl)cc3Cl)c(-c3ccc(Cl)cc3)c2C)CC1.Cc1c(NC2CCN(C(=O)O)C(C(C)(C)C)C2)nn(-c2ccc(Cl)cc2Cl)c1-c1ccc(Cl)cc1. The molecule has 68 heavy (non-hydrogen) atoms. The van der Waals surface area contributed by atoms with Gasteiger partial charge >= 0.3 is 6.09 Å². The molecule has 3 N–H and O–H groups in total. The summed E-state index contributed by atoms with van der Waals surface area (Å²) in [4.78, 5) is 40.0. The van der Waals surface area contributed by atoms with Crippen LogP contribution in [-0.2, 0) is 4.79 Å². The van der Waals surface area contributed by atoms with Crippen LogP contribution < -0.4 is 10.6 Å². The van der Waals surface area contributed by atoms with E-state index >= 15 is 0 Å². The molecule has 0 saturated carbocycles. The van der Waals surface area contributed by atoms with Crippen LogP contribution in [0, 0.1) is 19.3 Å². The van der Waals surface area contributed by atoms with Crippen molar-refractivity contribution in [2.45, 2.75) is 85.4 Å². The van der Waals surface area contributed by atoms with E-state index in [-0.39, 0.29) is 35.4 Å². The van der Waals surface area contributed by atoms with Crippen molar-refractivity contribution in [2.24, 2.45) is 5.41 Å². The molecule has 2 aliphatic heterocycles. The minimum Gasteiger partial charge on any atom is -0.465 e. The van der Waals surface area contributed by atoms with E-state index in [4.69, 9.17) is 74.7 Å². The molecule has 2 fully saturated rings. The van der Waals surface area contributed by atoms with Crippen molar-refractivity contribution in [3.8, 4) is 33.9 Å². The van der Waals surface area contributed by atoms with Gasteiger partial charge in [0.15, 0.2) is 11.5 Å². The van der Waals surface area contributed by atoms with Crippen LogP contribution in [0.1, 0.15) is 75.0 Å². The number of nitrogens with zero attached hydrogens (tertiary/aromatic N) is 6. The molecule has 0 spiro atoms. The third-order valence-electron chi connectivity index (χ3n) is 12.4. The zero-order valence-corrected chi connectivity index (χ0v) is 42.9. The molecule has 4 heterocycles. The Morgan fingerprint density at radius 3 is 1.59 bits per heavy atom. The lowest BCUT2D eigenvalue weighted by atomic mass is 9.79. The first-order chi connectivity index (χ1) is 32.2. The second-order valence-corrected chi connectivity index (χ2v) is 20.7. The van der Waals surface area contributed by atoms with E-state index in [2.05, 4.69) is 36.5 Å². The Morgan fingerprint density at radius 1 is 0.647 bits per heavy atom. The number of hydrogen-bond acceptors (Lipinski definition) is 6. The van der Waals surface area contributed by atoms with E-state index in [0.29, 0.717) is 92.5 Å². The Balaban J connectivity index is 0.000000202. The summed E-state index contributed by atoms with van der Waals surface area (Å²) in [6.07, 6.45) is 1.94. The highest BCUT2D eigenvalue weighted by atomic mass is 35.5. The molecule has 0 aliphatic carbocycles. The van der Waals surface area contributed by atoms with E-state index < -0.39 is 6.09 Å². The number of carbonyl (C=O) groups is 3. The molecule has 6 aromatic rings. The van der Waals surface area contributed by atoms with Crippen LogP contribution in [0.2, 0.25) is 30.1 Å². The number of amides is 3. The average molecular weight is 1040 g/mol. The minimum absolute atomic E-state index is 0.0178. The van der Waals surface area contributed by atoms with Crippen LogP contribution in [0.3, 0.4) is 0 Å². The van der Waals surface area contributed by atoms with Crippen LogP contribution in [0.4, 0.5) is 10.6 Å². The normalized spacial score (nSPS) is 16.5. The maximum absolute atomic E-state index is 13.2. The summed E-state index contributed by atoms with van der Waals surface area (Å²) in [6, 6.07) is 25.4. The van der Waals surface area contributed by atoms with Crippen molar-refractivity contribution in [1.29, 1.82) is 0 Å². The van der Waals surface area contributed by atoms with Crippen LogP contribution in [0.5, 0.6) is 0 Å². The van der Waals surface area contributed by atoms with Gasteiger partial charge in [0.1, 0.15) is 0 Å². The molecule has 2 unspecified atom stereocenters. The van der Waals surface area contributed by atoms with Gasteiger partial charge in [-0.05, 0) is 106 Å². The zero-order valence-electron chi connectivity index (χ0n) is 38.4. The average Bonchev–Trinajstić information content (AvgIpc) is 3.79. The number of anilines is 1. The number of halogens is 6. The molecule has 18 heteroatoms. The highest BCUT2D eigenvalue weighted by molar-refractivity contribution is 6.36. The third kappa shape index (κ3) is 11.6. The smallest absolute Gasteiger partial charge is 0.407 e. The van der Waals surface area contributed by atoms with Gasteiger partial charge < -0.3 is 25.5 Å². The fourth-order valence-electron chi connectivity index (χ4n) is 8.82. The molecular weight excluding hydrogens is 989 g/mol. The summed E-state index contributed by atoms with van der Waals surface area (Å²) in [6.45, 7) is 13.4. The fourth-order valence-corrected chi connectivity index (χ4v) is 10.1. The lowest BCUT2D eigenvalue weighted by molar-refractivity contribution is -0.129. The summed E-state index contributed by atoms with van der Waals surface area (Å²) >= 11 is 37.5. The Bertz CT molecular complexity index is 2820. The van der Waals surface area contributed by atoms with E-state index in [0.717, 1.165) is 39.5 Å². The van der Waals surface area contributed by atoms with Crippen molar-refractivity contribution < 1.29 is 19.5 Å². The number of piperidine rings is 2. The molecule has 2 aliphatic rings. The predicted molar refractivity (Wildman–Crippen MR) is 275 cm³/mol. The zero-order chi connectivity index (χ0) is 49.2. The van der Waals surface area contributed by atoms with Gasteiger partial charge in [-0.1, -0.05) is 115 Å². The lowest BCUT2D eigenvalue weighted by Gasteiger charge is -2.44. The molecule has 4 aromatic carbocycles. The third-order valence-corrected chi connectivity index (χ3v) is 14.0. The maximum Gasteiger partial charge on any atom is 0.407 e. The largest absolute Gasteiger partial charge is 0.465 e. The number of likely N-dealkylation sites (tertiary alicyclic amines) is 2. The predicted octanol–water partition coefficient (Wildman–Crippen LogP) is 13.3. The molecule has 2 aromatic heterocycles. The van der Waals surface area contributed by atoms with Gasteiger partial charge in [-0.3, -0.25) is 9.59 Å². The van der Waals surface area contributed by atoms with Gasteiger partial charge in [0.05, 0.1) is 32.8 Å². The van der Waals surface area contributed by atoms with Crippen molar-refractivity contribution in [2.75, 3.05) is 25.0 Å². The van der Waals surface area contributed by atoms with Crippen molar-refractivity contribution >= 4 is 93.3 Å². The van der Waals surface area contributed by atoms with Crippen LogP contribution >= 0.6 is 69.6 Å². The Hall–Kier alpha value is -4.95. The standard InChI is InChI=1S/C26H29Cl3N4O2.C24H23Cl3N4O2/c1-15-23(16-5-7-17(27)8-6-16)33(21-10-9-18(28)13-20(21)29)31-24(15)30-19-11-12-32(25(34)35)22(14-19)26(2,3)4;1-14-22(24(33)28-19-9-11-30(12-10-19)15(2)32)29-31(21-8-7-18(26)13-20(21)27)23(14)16-3-5-17(25)6-4-16/h5-10,13,19,22H,11-12,14H2,1-4H3,(H,30,31)(H,34,35);3-8,13,19H,9-12H2,1-2H3,(H,28,33). The fraction of sp³-hybridized carbons (Fsp3) is 0.340. The van der Waals surface area contributed by atoms with Gasteiger partial charge in [-0.2, -0.15) is 5.10 Å². The first-order valence-electron chi connectivity index (χ1n) is 22.1. The number of hydrogen-bond donors (Lipinski definition) is 3. The Morgan fingerprint density at radius 2 is 1.12 bits per heavy atom. The molecule has 3 amide bonds. The summed E-state index contributed by atoms with van der Waals surface area (Å²) in [7, 11) is 0. The van der Waals surface area contributed by atoms with E-state index in [1.54, 1.807) is 63.9 Å². The Kier molecular flexibility index (Phi) is 16.0. The highest BCUT2D eigenvalue weighted by Crippen LogP contribution is 2.38. The number of carbonyl (C=O) groups excluding carboxylic acids is 2. The number of carboxylic acid groups (broad SMARTS) is 1. The second kappa shape index (κ2) is 21.4. The minimum atomic E-state index is -0.869. The summed E-state index contributed by atoms with van der Waals surface area (Å²) in [5.41, 5.74) is 6.59. The molecule has 0 bridgehead atoms. The van der Waals surface area contributed by atoms with Crippen LogP contribution in [0.25, 0.3) is 33.9 Å². The molecule has 358 valence electrons. The molecule has 2 saturated heterocycles. The monoisotopic (exact) mass is 1040 g/mol. The first-order valence-corrected chi connectivity index (χ1v) is 24.4. The van der Waals surface area contributed by atoms with Gasteiger partial charge in [0, 0.05) is 87.0 Å². The lowest BCUT2D eigenvalue weighted by Crippen LogP contribution is -2.54. The van der Waals surface area contributed by atoms with Crippen molar-refractivity contribution in [3.05, 3.63) is 132 Å². The quantitative estimate of drug-likeness (QED) is 0.138. The molecule has 2 atom stereocenters. The molecule has 8 rings (SSSR count). The number of nitrogens with one attached hydrogen (secondary N) is 2. The highest BCUT2D eigenvalue weighted by Gasteiger charge is 2.39. The van der Waals surface area contributed by atoms with E-state index in [9.17, 15) is 19.5 Å². The summed E-state index contributed by atoms with van der Waals surface area (Å²) in [5.74, 6) is 0.539. The van der Waals surface area contributed by atoms with E-state index in [1.165, 1.54) is 0 Å². The second-order valence-electron chi connectivity index (χ2n) is 18.2. The van der Waals surface area contributed by atoms with Crippen LogP contribution in [-0.4, -0.2) is 90.1 Å². The van der Waals surface area contributed by atoms with Gasteiger partial charge in [-0.15, -0.1) is 5.10 Å². The number of benzene rings is 4. The molecule has 12 nitrogen and oxygen atoms in total. The van der Waals surface area contributed by atoms with Crippen LogP contribution in [0.15, 0.2) is 84.9 Å². The van der Waals surface area contributed by atoms with Crippen molar-refractivity contribution in [1.82, 2.24) is 34.7 Å². The molecular formula is C50H52Cl6N8O4. The topological polar surface area (TPSA) is 138 Å². The maximum atomic E-state index is 13.2. The Labute approximate surface area is 426 Å². The summed E-state index contributed by atoms with van der Waals surface area (Å²) in [5, 5.41) is 29.2. The van der Waals surface area contributed by atoms with Gasteiger partial charge in [0.2, 0.25) is 5.91 Å². The van der Waals surface area contributed by atoms with Gasteiger partial charge in [-0.25, -0.2) is 14.2 Å².